The average Bonchev–Trinajstić information content (AvgIpc) is 2.53. The van der Waals surface area contributed by atoms with Gasteiger partial charge in [-0.1, -0.05) is 32.0 Å². The Kier molecular flexibility index (Phi) is 9.92. The molecule has 3 nitrogen and oxygen atoms in total. The number of quaternary nitrogens is 1. The topological polar surface area (TPSA) is 35.1 Å². The number of para-hydroxylation sites is 1. The molecule has 0 aliphatic heterocycles. The molecule has 120 valence electrons. The van der Waals surface area contributed by atoms with Gasteiger partial charge >= 0.3 is 0 Å². The molecule has 1 aromatic rings. The molecule has 3 heteroatoms. The van der Waals surface area contributed by atoms with Crippen LogP contribution in [-0.2, 0) is 4.74 Å². The Morgan fingerprint density at radius 3 is 2.57 bits per heavy atom. The minimum absolute atomic E-state index is 0.565. The molecule has 21 heavy (non-hydrogen) atoms. The van der Waals surface area contributed by atoms with Crippen molar-refractivity contribution in [3.05, 3.63) is 29.8 Å². The summed E-state index contributed by atoms with van der Waals surface area (Å²) in [6.45, 7) is 8.51. The fraction of sp³-hybridized carbons (Fsp3) is 0.667. The number of benzene rings is 1. The minimum atomic E-state index is 0.565. The Morgan fingerprint density at radius 2 is 1.81 bits per heavy atom. The van der Waals surface area contributed by atoms with E-state index in [0.29, 0.717) is 5.92 Å². The molecule has 0 aliphatic rings. The summed E-state index contributed by atoms with van der Waals surface area (Å²) in [6.07, 6.45) is 4.61. The number of rotatable bonds is 12. The van der Waals surface area contributed by atoms with Crippen molar-refractivity contribution in [2.75, 3.05) is 33.4 Å². The van der Waals surface area contributed by atoms with Crippen molar-refractivity contribution < 1.29 is 14.8 Å². The summed E-state index contributed by atoms with van der Waals surface area (Å²) < 4.78 is 11.0. The zero-order valence-electron chi connectivity index (χ0n) is 13.9. The molecule has 0 aliphatic carbocycles. The SMILES string of the molecule is CC[C@H](C)c1ccccc1OCCCC[NH2+]CCCOC. The van der Waals surface area contributed by atoms with Crippen LogP contribution >= 0.6 is 0 Å². The molecular formula is C18H32NO2+. The molecule has 0 spiro atoms. The number of hydrogen-bond donors (Lipinski definition) is 1. The Morgan fingerprint density at radius 1 is 1.05 bits per heavy atom. The van der Waals surface area contributed by atoms with Crippen LogP contribution in [0.3, 0.4) is 0 Å². The smallest absolute Gasteiger partial charge is 0.122 e. The van der Waals surface area contributed by atoms with Crippen LogP contribution in [0.15, 0.2) is 24.3 Å². The highest BCUT2D eigenvalue weighted by Gasteiger charge is 2.09. The van der Waals surface area contributed by atoms with Gasteiger partial charge in [-0.2, -0.15) is 0 Å². The maximum Gasteiger partial charge on any atom is 0.122 e. The fourth-order valence-electron chi connectivity index (χ4n) is 2.33. The van der Waals surface area contributed by atoms with Gasteiger partial charge in [0.1, 0.15) is 5.75 Å². The number of nitrogens with two attached hydrogens (primary N) is 1. The first-order valence-electron chi connectivity index (χ1n) is 8.31. The van der Waals surface area contributed by atoms with Crippen LogP contribution < -0.4 is 10.1 Å². The van der Waals surface area contributed by atoms with Crippen molar-refractivity contribution >= 4 is 0 Å². The standard InChI is InChI=1S/C18H31NO2/c1-4-16(2)17-10-5-6-11-18(17)21-15-8-7-12-19-13-9-14-20-3/h5-6,10-11,16,19H,4,7-9,12-15H2,1-3H3/p+1/t16-/m0/s1. The van der Waals surface area contributed by atoms with Crippen LogP contribution in [0.4, 0.5) is 0 Å². The third kappa shape index (κ3) is 7.49. The predicted molar refractivity (Wildman–Crippen MR) is 88.0 cm³/mol. The van der Waals surface area contributed by atoms with E-state index in [-0.39, 0.29) is 0 Å². The summed E-state index contributed by atoms with van der Waals surface area (Å²) in [7, 11) is 1.76. The van der Waals surface area contributed by atoms with Gasteiger partial charge in [0, 0.05) is 13.5 Å². The first-order chi connectivity index (χ1) is 10.3. The minimum Gasteiger partial charge on any atom is -0.493 e. The maximum absolute atomic E-state index is 5.97. The Labute approximate surface area is 130 Å². The molecule has 0 saturated heterocycles. The molecule has 0 saturated carbocycles. The molecule has 0 aromatic heterocycles. The van der Waals surface area contributed by atoms with Crippen molar-refractivity contribution in [3.63, 3.8) is 0 Å². The van der Waals surface area contributed by atoms with E-state index in [0.717, 1.165) is 44.8 Å². The Balaban J connectivity index is 2.15. The summed E-state index contributed by atoms with van der Waals surface area (Å²) in [5.41, 5.74) is 1.34. The molecule has 1 aromatic carbocycles. The van der Waals surface area contributed by atoms with Gasteiger partial charge < -0.3 is 14.8 Å². The van der Waals surface area contributed by atoms with E-state index in [4.69, 9.17) is 9.47 Å². The van der Waals surface area contributed by atoms with Crippen LogP contribution in [0.2, 0.25) is 0 Å². The molecule has 0 amide bonds. The first kappa shape index (κ1) is 18.0. The van der Waals surface area contributed by atoms with Crippen LogP contribution in [0.1, 0.15) is 51.0 Å². The van der Waals surface area contributed by atoms with Crippen LogP contribution in [-0.4, -0.2) is 33.4 Å². The molecule has 1 rings (SSSR count). The lowest BCUT2D eigenvalue weighted by Crippen LogP contribution is -2.84. The number of unbranched alkanes of at least 4 members (excludes halogenated alkanes) is 1. The third-order valence-electron chi connectivity index (χ3n) is 3.88. The van der Waals surface area contributed by atoms with E-state index < -0.39 is 0 Å². The molecule has 0 radical (unpaired) electrons. The molecule has 0 bridgehead atoms. The number of hydrogen-bond acceptors (Lipinski definition) is 2. The highest BCUT2D eigenvalue weighted by molar-refractivity contribution is 5.35. The molecular weight excluding hydrogens is 262 g/mol. The summed E-state index contributed by atoms with van der Waals surface area (Å²) in [6, 6.07) is 8.44. The van der Waals surface area contributed by atoms with Crippen LogP contribution in [0.25, 0.3) is 0 Å². The van der Waals surface area contributed by atoms with Gasteiger partial charge in [0.2, 0.25) is 0 Å². The van der Waals surface area contributed by atoms with Crippen molar-refractivity contribution in [2.45, 2.75) is 45.4 Å². The second-order valence-corrected chi connectivity index (χ2v) is 5.62. The number of ether oxygens (including phenoxy) is 2. The van der Waals surface area contributed by atoms with Crippen LogP contribution in [0.5, 0.6) is 5.75 Å². The van der Waals surface area contributed by atoms with Gasteiger partial charge in [-0.05, 0) is 36.8 Å². The second-order valence-electron chi connectivity index (χ2n) is 5.62. The summed E-state index contributed by atoms with van der Waals surface area (Å²) in [5.74, 6) is 1.63. The monoisotopic (exact) mass is 294 g/mol. The zero-order chi connectivity index (χ0) is 15.3. The quantitative estimate of drug-likeness (QED) is 0.602. The van der Waals surface area contributed by atoms with Gasteiger partial charge in [-0.3, -0.25) is 0 Å². The van der Waals surface area contributed by atoms with Crippen LogP contribution in [0, 0.1) is 0 Å². The van der Waals surface area contributed by atoms with Gasteiger partial charge in [-0.15, -0.1) is 0 Å². The highest BCUT2D eigenvalue weighted by Crippen LogP contribution is 2.28. The first-order valence-corrected chi connectivity index (χ1v) is 8.31. The molecule has 0 unspecified atom stereocenters. The van der Waals surface area contributed by atoms with E-state index in [9.17, 15) is 0 Å². The molecule has 0 heterocycles. The van der Waals surface area contributed by atoms with Crippen molar-refractivity contribution in [1.82, 2.24) is 0 Å². The molecule has 2 N–H and O–H groups in total. The Hall–Kier alpha value is -1.06. The van der Waals surface area contributed by atoms with Gasteiger partial charge in [0.05, 0.1) is 26.3 Å². The van der Waals surface area contributed by atoms with E-state index in [1.807, 2.05) is 0 Å². The Bertz CT molecular complexity index is 368. The van der Waals surface area contributed by atoms with Gasteiger partial charge in [0.25, 0.3) is 0 Å². The van der Waals surface area contributed by atoms with Crippen molar-refractivity contribution in [1.29, 1.82) is 0 Å². The number of methoxy groups -OCH3 is 1. The highest BCUT2D eigenvalue weighted by atomic mass is 16.5. The second kappa shape index (κ2) is 11.6. The van der Waals surface area contributed by atoms with Crippen molar-refractivity contribution in [3.8, 4) is 5.75 Å². The average molecular weight is 294 g/mol. The van der Waals surface area contributed by atoms with E-state index >= 15 is 0 Å². The maximum atomic E-state index is 5.97. The largest absolute Gasteiger partial charge is 0.493 e. The van der Waals surface area contributed by atoms with Crippen molar-refractivity contribution in [2.24, 2.45) is 0 Å². The summed E-state index contributed by atoms with van der Waals surface area (Å²) in [5, 5.41) is 2.37. The van der Waals surface area contributed by atoms with E-state index in [1.165, 1.54) is 18.5 Å². The van der Waals surface area contributed by atoms with E-state index in [1.54, 1.807) is 7.11 Å². The van der Waals surface area contributed by atoms with E-state index in [2.05, 4.69) is 43.4 Å². The third-order valence-corrected chi connectivity index (χ3v) is 3.88. The summed E-state index contributed by atoms with van der Waals surface area (Å²) in [4.78, 5) is 0. The lowest BCUT2D eigenvalue weighted by atomic mass is 9.98. The molecule has 1 atom stereocenters. The lowest BCUT2D eigenvalue weighted by molar-refractivity contribution is -0.655. The van der Waals surface area contributed by atoms with Gasteiger partial charge in [0.15, 0.2) is 0 Å². The normalized spacial score (nSPS) is 12.3. The lowest BCUT2D eigenvalue weighted by Gasteiger charge is -2.15. The predicted octanol–water partition coefficient (Wildman–Crippen LogP) is 2.96. The molecule has 0 fully saturated rings. The summed E-state index contributed by atoms with van der Waals surface area (Å²) >= 11 is 0. The van der Waals surface area contributed by atoms with Gasteiger partial charge in [-0.25, -0.2) is 0 Å². The fourth-order valence-corrected chi connectivity index (χ4v) is 2.33. The zero-order valence-corrected chi connectivity index (χ0v) is 13.9.